The lowest BCUT2D eigenvalue weighted by molar-refractivity contribution is -0.0584. The molecule has 0 radical (unpaired) electrons. The molecule has 2 heterocycles. The van der Waals surface area contributed by atoms with Gasteiger partial charge in [-0.15, -0.1) is 0 Å². The number of primary sulfonamides is 1. The number of rotatable bonds is 3. The molecule has 0 fully saturated rings. The Kier molecular flexibility index (Phi) is 3.62. The van der Waals surface area contributed by atoms with Gasteiger partial charge >= 0.3 is 5.97 Å². The maximum absolute atomic E-state index is 12.1. The number of nitrogens with two attached hydrogens (primary N) is 1. The van der Waals surface area contributed by atoms with Crippen LogP contribution in [0.4, 0.5) is 0 Å². The van der Waals surface area contributed by atoms with Crippen LogP contribution < -0.4 is 5.14 Å². The van der Waals surface area contributed by atoms with Gasteiger partial charge in [-0.05, 0) is 24.3 Å². The molecule has 0 aliphatic carbocycles. The lowest BCUT2D eigenvalue weighted by Crippen LogP contribution is -2.32. The van der Waals surface area contributed by atoms with E-state index in [1.165, 1.54) is 12.1 Å². The molecule has 1 aliphatic rings. The predicted molar refractivity (Wildman–Crippen MR) is 78.0 cm³/mol. The molecule has 2 amide bonds. The summed E-state index contributed by atoms with van der Waals surface area (Å²) in [6, 6.07) is 8.03. The molecule has 1 aromatic heterocycles. The Hall–Kier alpha value is -3.11. The van der Waals surface area contributed by atoms with Gasteiger partial charge in [0, 0.05) is 6.20 Å². The van der Waals surface area contributed by atoms with E-state index in [1.54, 1.807) is 12.1 Å². The first-order valence-corrected chi connectivity index (χ1v) is 8.02. The van der Waals surface area contributed by atoms with E-state index in [4.69, 9.17) is 9.98 Å². The Bertz CT molecular complexity index is 951. The molecule has 0 unspecified atom stereocenters. The van der Waals surface area contributed by atoms with Crippen molar-refractivity contribution in [2.75, 3.05) is 0 Å². The number of hydroxylamine groups is 2. The third kappa shape index (κ3) is 2.64. The summed E-state index contributed by atoms with van der Waals surface area (Å²) in [6.45, 7) is 0. The number of pyridine rings is 1. The average Bonchev–Trinajstić information content (AvgIpc) is 2.80. The molecule has 1 aromatic carbocycles. The number of fused-ring (bicyclic) bond motifs is 1. The van der Waals surface area contributed by atoms with E-state index in [-0.39, 0.29) is 16.7 Å². The second kappa shape index (κ2) is 5.51. The van der Waals surface area contributed by atoms with Crippen LogP contribution in [0.3, 0.4) is 0 Å². The molecule has 9 nitrogen and oxygen atoms in total. The van der Waals surface area contributed by atoms with Crippen LogP contribution in [-0.4, -0.2) is 36.2 Å². The molecule has 0 atom stereocenters. The van der Waals surface area contributed by atoms with Gasteiger partial charge in [-0.3, -0.25) is 9.59 Å². The second-order valence-corrected chi connectivity index (χ2v) is 6.27. The third-order valence-corrected chi connectivity index (χ3v) is 4.00. The monoisotopic (exact) mass is 347 g/mol. The molecule has 3 rings (SSSR count). The number of imide groups is 1. The van der Waals surface area contributed by atoms with Crippen LogP contribution in [0.1, 0.15) is 31.1 Å². The van der Waals surface area contributed by atoms with Crippen LogP contribution >= 0.6 is 0 Å². The van der Waals surface area contributed by atoms with Gasteiger partial charge < -0.3 is 4.84 Å². The van der Waals surface area contributed by atoms with Crippen molar-refractivity contribution in [3.8, 4) is 0 Å². The first-order valence-electron chi connectivity index (χ1n) is 6.48. The zero-order valence-corrected chi connectivity index (χ0v) is 12.7. The molecule has 2 N–H and O–H groups in total. The van der Waals surface area contributed by atoms with Crippen molar-refractivity contribution in [1.82, 2.24) is 10.0 Å². The van der Waals surface area contributed by atoms with Gasteiger partial charge in [-0.1, -0.05) is 17.2 Å². The average molecular weight is 347 g/mol. The Balaban J connectivity index is 1.87. The SMILES string of the molecule is NS(=O)(=O)c1cc(C(=O)ON2C(=O)c3ccccc3C2=O)ccn1. The molecule has 2 aromatic rings. The minimum Gasteiger partial charge on any atom is -0.324 e. The van der Waals surface area contributed by atoms with E-state index >= 15 is 0 Å². The van der Waals surface area contributed by atoms with Gasteiger partial charge in [0.25, 0.3) is 21.8 Å². The Morgan fingerprint density at radius 1 is 1.08 bits per heavy atom. The van der Waals surface area contributed by atoms with Crippen molar-refractivity contribution in [2.45, 2.75) is 5.03 Å². The number of sulfonamides is 1. The van der Waals surface area contributed by atoms with Crippen LogP contribution in [0.15, 0.2) is 47.6 Å². The first kappa shape index (κ1) is 15.8. The highest BCUT2D eigenvalue weighted by atomic mass is 32.2. The van der Waals surface area contributed by atoms with E-state index in [0.717, 1.165) is 18.3 Å². The number of benzene rings is 1. The summed E-state index contributed by atoms with van der Waals surface area (Å²) in [6.07, 6.45) is 1.04. The summed E-state index contributed by atoms with van der Waals surface area (Å²) in [5, 5.41) is 4.71. The largest absolute Gasteiger partial charge is 0.364 e. The maximum Gasteiger partial charge on any atom is 0.364 e. The lowest BCUT2D eigenvalue weighted by Gasteiger charge is -2.12. The van der Waals surface area contributed by atoms with Crippen molar-refractivity contribution < 1.29 is 27.6 Å². The second-order valence-electron chi connectivity index (χ2n) is 4.76. The summed E-state index contributed by atoms with van der Waals surface area (Å²) >= 11 is 0. The minimum absolute atomic E-state index is 0.107. The molecule has 0 bridgehead atoms. The van der Waals surface area contributed by atoms with Gasteiger partial charge in [0.15, 0.2) is 5.03 Å². The fourth-order valence-corrected chi connectivity index (χ4v) is 2.58. The summed E-state index contributed by atoms with van der Waals surface area (Å²) in [4.78, 5) is 44.6. The lowest BCUT2D eigenvalue weighted by atomic mass is 10.1. The number of hydrogen-bond acceptors (Lipinski definition) is 7. The van der Waals surface area contributed by atoms with E-state index in [1.807, 2.05) is 0 Å². The van der Waals surface area contributed by atoms with E-state index < -0.39 is 32.8 Å². The third-order valence-electron chi connectivity index (χ3n) is 3.19. The molecule has 10 heteroatoms. The van der Waals surface area contributed by atoms with Crippen molar-refractivity contribution in [3.63, 3.8) is 0 Å². The Morgan fingerprint density at radius 3 is 2.21 bits per heavy atom. The van der Waals surface area contributed by atoms with Crippen molar-refractivity contribution in [1.29, 1.82) is 0 Å². The zero-order chi connectivity index (χ0) is 17.5. The molecule has 24 heavy (non-hydrogen) atoms. The van der Waals surface area contributed by atoms with Gasteiger partial charge in [-0.2, -0.15) is 0 Å². The number of amides is 2. The Morgan fingerprint density at radius 2 is 1.67 bits per heavy atom. The van der Waals surface area contributed by atoms with E-state index in [9.17, 15) is 22.8 Å². The number of carbonyl (C=O) groups is 3. The van der Waals surface area contributed by atoms with Gasteiger partial charge in [0.1, 0.15) is 0 Å². The number of carbonyl (C=O) groups excluding carboxylic acids is 3. The van der Waals surface area contributed by atoms with E-state index in [2.05, 4.69) is 4.98 Å². The number of nitrogens with zero attached hydrogens (tertiary/aromatic N) is 2. The highest BCUT2D eigenvalue weighted by Crippen LogP contribution is 2.23. The number of hydrogen-bond donors (Lipinski definition) is 1. The fourth-order valence-electron chi connectivity index (χ4n) is 2.08. The quantitative estimate of drug-likeness (QED) is 0.777. The summed E-state index contributed by atoms with van der Waals surface area (Å²) in [5.41, 5.74) is -0.0175. The standard InChI is InChI=1S/C14H9N3O6S/c15-24(21,22)11-7-8(5-6-16-11)14(20)23-17-12(18)9-3-1-2-4-10(9)13(17)19/h1-7H,(H2,15,21,22). The molecule has 0 saturated carbocycles. The van der Waals surface area contributed by atoms with Crippen molar-refractivity contribution in [3.05, 3.63) is 59.3 Å². The van der Waals surface area contributed by atoms with Gasteiger partial charge in [-0.25, -0.2) is 23.3 Å². The summed E-state index contributed by atoms with van der Waals surface area (Å²) in [7, 11) is -4.12. The van der Waals surface area contributed by atoms with Crippen LogP contribution in [0, 0.1) is 0 Å². The first-order chi connectivity index (χ1) is 11.3. The molecular formula is C14H9N3O6S. The normalized spacial score (nSPS) is 13.8. The van der Waals surface area contributed by atoms with Crippen molar-refractivity contribution in [2.24, 2.45) is 5.14 Å². The van der Waals surface area contributed by atoms with Crippen LogP contribution in [0.25, 0.3) is 0 Å². The van der Waals surface area contributed by atoms with E-state index in [0.29, 0.717) is 5.06 Å². The maximum atomic E-state index is 12.1. The molecule has 0 spiro atoms. The summed E-state index contributed by atoms with van der Waals surface area (Å²) in [5.74, 6) is -2.67. The zero-order valence-electron chi connectivity index (χ0n) is 11.9. The number of aromatic nitrogens is 1. The molecule has 122 valence electrons. The highest BCUT2D eigenvalue weighted by Gasteiger charge is 2.38. The highest BCUT2D eigenvalue weighted by molar-refractivity contribution is 7.89. The Labute approximate surface area is 135 Å². The topological polar surface area (TPSA) is 137 Å². The molecular weight excluding hydrogens is 338 g/mol. The summed E-state index contributed by atoms with van der Waals surface area (Å²) < 4.78 is 22.5. The van der Waals surface area contributed by atoms with Gasteiger partial charge in [0.05, 0.1) is 16.7 Å². The minimum atomic E-state index is -4.12. The fraction of sp³-hybridized carbons (Fsp3) is 0. The van der Waals surface area contributed by atoms with Crippen LogP contribution in [-0.2, 0) is 14.9 Å². The van der Waals surface area contributed by atoms with Crippen LogP contribution in [0.5, 0.6) is 0 Å². The van der Waals surface area contributed by atoms with Gasteiger partial charge in [0.2, 0.25) is 0 Å². The molecule has 0 saturated heterocycles. The van der Waals surface area contributed by atoms with Crippen LogP contribution in [0.2, 0.25) is 0 Å². The molecule has 1 aliphatic heterocycles. The smallest absolute Gasteiger partial charge is 0.324 e. The van der Waals surface area contributed by atoms with Crippen molar-refractivity contribution >= 4 is 27.8 Å². The predicted octanol–water partition coefficient (Wildman–Crippen LogP) is 0.0970.